The van der Waals surface area contributed by atoms with E-state index >= 15 is 0 Å². The highest BCUT2D eigenvalue weighted by molar-refractivity contribution is 5.76. The lowest BCUT2D eigenvalue weighted by Crippen LogP contribution is -2.52. The maximum atomic E-state index is 12.8. The van der Waals surface area contributed by atoms with Gasteiger partial charge in [-0.2, -0.15) is 0 Å². The minimum absolute atomic E-state index is 0.302. The Hall–Kier alpha value is -1.75. The lowest BCUT2D eigenvalue weighted by atomic mass is 9.44. The number of amides is 1. The molecule has 1 saturated heterocycles. The van der Waals surface area contributed by atoms with E-state index in [0.29, 0.717) is 16.7 Å². The van der Waals surface area contributed by atoms with Gasteiger partial charge in [-0.15, -0.1) is 0 Å². The van der Waals surface area contributed by atoms with Gasteiger partial charge < -0.3 is 15.0 Å². The van der Waals surface area contributed by atoms with Crippen LogP contribution < -0.4 is 15.0 Å². The van der Waals surface area contributed by atoms with E-state index in [2.05, 4.69) is 34.2 Å². The summed E-state index contributed by atoms with van der Waals surface area (Å²) in [7, 11) is 1.74. The third-order valence-electron chi connectivity index (χ3n) is 8.78. The van der Waals surface area contributed by atoms with Crippen molar-refractivity contribution in [3.8, 4) is 5.75 Å². The van der Waals surface area contributed by atoms with Gasteiger partial charge in [-0.3, -0.25) is 9.69 Å². The molecular formula is C27H41N3O2. The number of hydrogen-bond donors (Lipinski definition) is 1. The fraction of sp³-hybridized carbons (Fsp3) is 0.741. The molecule has 5 aliphatic rings. The van der Waals surface area contributed by atoms with E-state index < -0.39 is 0 Å². The van der Waals surface area contributed by atoms with Gasteiger partial charge in [0.05, 0.1) is 12.8 Å². The number of nitrogens with zero attached hydrogens (tertiary/aromatic N) is 2. The summed E-state index contributed by atoms with van der Waals surface area (Å²) < 4.78 is 5.52. The molecule has 6 rings (SSSR count). The summed E-state index contributed by atoms with van der Waals surface area (Å²) in [6, 6.07) is 8.29. The van der Waals surface area contributed by atoms with Gasteiger partial charge in [-0.1, -0.05) is 19.1 Å². The summed E-state index contributed by atoms with van der Waals surface area (Å²) in [5, 5.41) is 3.27. The molecule has 4 saturated carbocycles. The Kier molecular flexibility index (Phi) is 6.13. The molecule has 0 radical (unpaired) electrons. The number of carbonyl (C=O) groups is 1. The predicted molar refractivity (Wildman–Crippen MR) is 129 cm³/mol. The van der Waals surface area contributed by atoms with Crippen molar-refractivity contribution < 1.29 is 9.53 Å². The summed E-state index contributed by atoms with van der Waals surface area (Å²) in [4.78, 5) is 17.7. The Bertz CT molecular complexity index is 803. The topological polar surface area (TPSA) is 44.8 Å². The van der Waals surface area contributed by atoms with E-state index in [4.69, 9.17) is 4.74 Å². The molecule has 5 nitrogen and oxygen atoms in total. The first-order chi connectivity index (χ1) is 15.5. The average molecular weight is 440 g/mol. The molecule has 32 heavy (non-hydrogen) atoms. The van der Waals surface area contributed by atoms with Crippen molar-refractivity contribution >= 4 is 11.6 Å². The number of ether oxygens (including phenoxy) is 1. The van der Waals surface area contributed by atoms with Crippen LogP contribution >= 0.6 is 0 Å². The highest BCUT2D eigenvalue weighted by Gasteiger charge is 2.56. The lowest BCUT2D eigenvalue weighted by Gasteiger charge is -2.61. The average Bonchev–Trinajstić information content (AvgIpc) is 2.75. The molecule has 176 valence electrons. The van der Waals surface area contributed by atoms with E-state index in [0.717, 1.165) is 69.7 Å². The van der Waals surface area contributed by atoms with Gasteiger partial charge in [-0.25, -0.2) is 0 Å². The number of anilines is 1. The van der Waals surface area contributed by atoms with E-state index in [9.17, 15) is 4.79 Å². The molecule has 1 aromatic carbocycles. The molecule has 4 bridgehead atoms. The number of carbonyl (C=O) groups excluding carboxylic acids is 1. The number of para-hydroxylation sites is 2. The fourth-order valence-electron chi connectivity index (χ4n) is 8.17. The molecule has 0 spiro atoms. The largest absolute Gasteiger partial charge is 0.495 e. The first-order valence-corrected chi connectivity index (χ1v) is 12.8. The van der Waals surface area contributed by atoms with Crippen LogP contribution in [0.5, 0.6) is 5.75 Å². The number of piperazine rings is 1. The smallest absolute Gasteiger partial charge is 0.220 e. The molecule has 1 N–H and O–H groups in total. The van der Waals surface area contributed by atoms with Crippen LogP contribution in [0.3, 0.4) is 0 Å². The number of rotatable bonds is 8. The highest BCUT2D eigenvalue weighted by Crippen LogP contribution is 2.66. The normalized spacial score (nSPS) is 34.0. The maximum absolute atomic E-state index is 12.8. The van der Waals surface area contributed by atoms with Crippen molar-refractivity contribution in [2.75, 3.05) is 51.3 Å². The van der Waals surface area contributed by atoms with Crippen LogP contribution in [-0.2, 0) is 4.79 Å². The second-order valence-electron chi connectivity index (χ2n) is 11.7. The van der Waals surface area contributed by atoms with Gasteiger partial charge in [0.15, 0.2) is 0 Å². The van der Waals surface area contributed by atoms with E-state index in [1.807, 2.05) is 12.1 Å². The van der Waals surface area contributed by atoms with Crippen molar-refractivity contribution in [2.45, 2.75) is 58.3 Å². The Morgan fingerprint density at radius 3 is 2.50 bits per heavy atom. The second kappa shape index (κ2) is 8.89. The monoisotopic (exact) mass is 439 g/mol. The van der Waals surface area contributed by atoms with Crippen LogP contribution in [0, 0.1) is 22.7 Å². The molecule has 2 unspecified atom stereocenters. The van der Waals surface area contributed by atoms with Crippen LogP contribution in [-0.4, -0.2) is 57.2 Å². The number of hydrogen-bond acceptors (Lipinski definition) is 4. The zero-order chi connectivity index (χ0) is 22.2. The number of nitrogens with one attached hydrogen (secondary N) is 1. The quantitative estimate of drug-likeness (QED) is 0.613. The Morgan fingerprint density at radius 2 is 1.81 bits per heavy atom. The molecule has 4 aliphatic carbocycles. The van der Waals surface area contributed by atoms with Crippen LogP contribution in [0.2, 0.25) is 0 Å². The van der Waals surface area contributed by atoms with Gasteiger partial charge in [0.25, 0.3) is 0 Å². The van der Waals surface area contributed by atoms with Crippen molar-refractivity contribution in [2.24, 2.45) is 22.7 Å². The summed E-state index contributed by atoms with van der Waals surface area (Å²) in [5.41, 5.74) is 2.04. The standard InChI is InChI=1S/C27H41N3O2/c1-26-15-21-14-22(16-26)18-27(17-21,20-26)19-25(31)28-8-5-9-29-10-12-30(13-11-29)23-6-3-4-7-24(23)32-2/h3-4,6-7,21-22H,5,8-20H2,1-2H3,(H,28,31)/t21-,22+,26?,27?. The highest BCUT2D eigenvalue weighted by atomic mass is 16.5. The summed E-state index contributed by atoms with van der Waals surface area (Å²) in [6.45, 7) is 8.55. The molecule has 1 heterocycles. The Balaban J connectivity index is 1.02. The van der Waals surface area contributed by atoms with Crippen LogP contribution in [0.1, 0.15) is 58.3 Å². The summed E-state index contributed by atoms with van der Waals surface area (Å²) in [6.07, 6.45) is 9.98. The second-order valence-corrected chi connectivity index (χ2v) is 11.7. The number of benzene rings is 1. The zero-order valence-electron chi connectivity index (χ0n) is 20.1. The maximum Gasteiger partial charge on any atom is 0.220 e. The summed E-state index contributed by atoms with van der Waals surface area (Å²) >= 11 is 0. The van der Waals surface area contributed by atoms with Crippen LogP contribution in [0.25, 0.3) is 0 Å². The van der Waals surface area contributed by atoms with Crippen molar-refractivity contribution in [3.05, 3.63) is 24.3 Å². The molecule has 1 aromatic rings. The van der Waals surface area contributed by atoms with Crippen molar-refractivity contribution in [1.82, 2.24) is 10.2 Å². The SMILES string of the molecule is COc1ccccc1N1CCN(CCCNC(=O)CC23C[C@@H]4C[C@@H](CC(C)(C4)C2)C3)CC1. The van der Waals surface area contributed by atoms with E-state index in [1.54, 1.807) is 7.11 Å². The van der Waals surface area contributed by atoms with Crippen molar-refractivity contribution in [1.29, 1.82) is 0 Å². The lowest BCUT2D eigenvalue weighted by molar-refractivity contribution is -0.136. The van der Waals surface area contributed by atoms with Gasteiger partial charge in [-0.05, 0) is 86.3 Å². The summed E-state index contributed by atoms with van der Waals surface area (Å²) in [5.74, 6) is 3.04. The Morgan fingerprint density at radius 1 is 1.09 bits per heavy atom. The number of methoxy groups -OCH3 is 1. The Labute approximate surface area is 193 Å². The molecule has 5 fully saturated rings. The minimum Gasteiger partial charge on any atom is -0.495 e. The van der Waals surface area contributed by atoms with Gasteiger partial charge >= 0.3 is 0 Å². The van der Waals surface area contributed by atoms with Crippen molar-refractivity contribution in [3.63, 3.8) is 0 Å². The predicted octanol–water partition coefficient (Wildman–Crippen LogP) is 4.32. The van der Waals surface area contributed by atoms with Gasteiger partial charge in [0.1, 0.15) is 5.75 Å². The van der Waals surface area contributed by atoms with E-state index in [1.165, 1.54) is 44.2 Å². The van der Waals surface area contributed by atoms with Crippen LogP contribution in [0.15, 0.2) is 24.3 Å². The molecule has 1 amide bonds. The van der Waals surface area contributed by atoms with Crippen LogP contribution in [0.4, 0.5) is 5.69 Å². The van der Waals surface area contributed by atoms with E-state index in [-0.39, 0.29) is 0 Å². The molecular weight excluding hydrogens is 398 g/mol. The fourth-order valence-corrected chi connectivity index (χ4v) is 8.17. The molecule has 5 heteroatoms. The van der Waals surface area contributed by atoms with Gasteiger partial charge in [0.2, 0.25) is 5.91 Å². The molecule has 1 aliphatic heterocycles. The minimum atomic E-state index is 0.302. The zero-order valence-corrected chi connectivity index (χ0v) is 20.1. The first-order valence-electron chi connectivity index (χ1n) is 12.8. The third kappa shape index (κ3) is 4.64. The third-order valence-corrected chi connectivity index (χ3v) is 8.78. The molecule has 0 aromatic heterocycles. The molecule has 4 atom stereocenters. The van der Waals surface area contributed by atoms with Gasteiger partial charge in [0, 0.05) is 39.1 Å². The first kappa shape index (κ1) is 22.1.